The number of carbonyl (C=O) groups excluding carboxylic acids is 1. The summed E-state index contributed by atoms with van der Waals surface area (Å²) in [6.07, 6.45) is 2.04. The molecule has 1 amide bonds. The van der Waals surface area contributed by atoms with Gasteiger partial charge < -0.3 is 4.90 Å². The lowest BCUT2D eigenvalue weighted by atomic mass is 9.92. The summed E-state index contributed by atoms with van der Waals surface area (Å²) in [4.78, 5) is 12.9. The van der Waals surface area contributed by atoms with E-state index in [9.17, 15) is 4.79 Å². The van der Waals surface area contributed by atoms with Crippen molar-refractivity contribution in [2.24, 2.45) is 5.41 Å². The van der Waals surface area contributed by atoms with Crippen molar-refractivity contribution in [3.63, 3.8) is 0 Å². The van der Waals surface area contributed by atoms with Gasteiger partial charge in [0.1, 0.15) is 0 Å². The van der Waals surface area contributed by atoms with Gasteiger partial charge in [0.15, 0.2) is 0 Å². The van der Waals surface area contributed by atoms with Crippen molar-refractivity contribution < 1.29 is 4.79 Å². The van der Waals surface area contributed by atoms with Crippen molar-refractivity contribution in [3.05, 3.63) is 6.42 Å². The Bertz CT molecular complexity index is 140. The minimum atomic E-state index is -0.214. The molecule has 2 heteroatoms. The monoisotopic (exact) mass is 126 g/mol. The SMILES string of the molecule is CN1C[CH]C(C)(C)C1=O. The Labute approximate surface area is 55.8 Å². The number of likely N-dealkylation sites (tertiary alicyclic amines) is 1. The van der Waals surface area contributed by atoms with Crippen LogP contribution in [-0.2, 0) is 4.79 Å². The maximum atomic E-state index is 11.1. The highest BCUT2D eigenvalue weighted by Crippen LogP contribution is 2.27. The van der Waals surface area contributed by atoms with Gasteiger partial charge in [-0.25, -0.2) is 0 Å². The highest BCUT2D eigenvalue weighted by atomic mass is 16.2. The van der Waals surface area contributed by atoms with Crippen LogP contribution in [0.15, 0.2) is 0 Å². The van der Waals surface area contributed by atoms with Gasteiger partial charge in [0.05, 0.1) is 0 Å². The van der Waals surface area contributed by atoms with Gasteiger partial charge >= 0.3 is 0 Å². The maximum Gasteiger partial charge on any atom is 0.228 e. The molecular formula is C7H12NO. The van der Waals surface area contributed by atoms with E-state index in [1.807, 2.05) is 27.3 Å². The van der Waals surface area contributed by atoms with Crippen molar-refractivity contribution in [1.82, 2.24) is 4.90 Å². The minimum absolute atomic E-state index is 0.214. The average molecular weight is 126 g/mol. The Kier molecular flexibility index (Phi) is 1.26. The quantitative estimate of drug-likeness (QED) is 0.467. The summed E-state index contributed by atoms with van der Waals surface area (Å²) >= 11 is 0. The fourth-order valence-corrected chi connectivity index (χ4v) is 1.03. The predicted octanol–water partition coefficient (Wildman–Crippen LogP) is 0.689. The first-order chi connectivity index (χ1) is 4.04. The van der Waals surface area contributed by atoms with Crippen LogP contribution in [0, 0.1) is 11.8 Å². The lowest BCUT2D eigenvalue weighted by Crippen LogP contribution is -2.27. The number of hydrogen-bond acceptors (Lipinski definition) is 1. The third kappa shape index (κ3) is 0.934. The summed E-state index contributed by atoms with van der Waals surface area (Å²) in [6, 6.07) is 0. The second kappa shape index (κ2) is 1.72. The third-order valence-corrected chi connectivity index (χ3v) is 1.77. The molecule has 1 aliphatic rings. The molecule has 0 aromatic carbocycles. The van der Waals surface area contributed by atoms with Crippen LogP contribution in [0.25, 0.3) is 0 Å². The van der Waals surface area contributed by atoms with E-state index in [4.69, 9.17) is 0 Å². The maximum absolute atomic E-state index is 11.1. The van der Waals surface area contributed by atoms with Crippen LogP contribution in [0.2, 0.25) is 0 Å². The zero-order valence-corrected chi connectivity index (χ0v) is 6.14. The molecule has 1 radical (unpaired) electrons. The van der Waals surface area contributed by atoms with Crippen molar-refractivity contribution in [2.45, 2.75) is 13.8 Å². The van der Waals surface area contributed by atoms with Crippen LogP contribution in [0.5, 0.6) is 0 Å². The Morgan fingerprint density at radius 2 is 2.22 bits per heavy atom. The normalized spacial score (nSPS) is 25.2. The molecule has 2 nitrogen and oxygen atoms in total. The van der Waals surface area contributed by atoms with Gasteiger partial charge in [-0.2, -0.15) is 0 Å². The molecule has 1 aliphatic heterocycles. The van der Waals surface area contributed by atoms with E-state index in [0.717, 1.165) is 6.54 Å². The largest absolute Gasteiger partial charge is 0.345 e. The number of amides is 1. The van der Waals surface area contributed by atoms with Crippen LogP contribution in [-0.4, -0.2) is 24.4 Å². The zero-order chi connectivity index (χ0) is 7.07. The highest BCUT2D eigenvalue weighted by molar-refractivity contribution is 5.85. The lowest BCUT2D eigenvalue weighted by Gasteiger charge is -2.14. The molecule has 0 aliphatic carbocycles. The van der Waals surface area contributed by atoms with Crippen molar-refractivity contribution in [3.8, 4) is 0 Å². The standard InChI is InChI=1S/C7H12NO/c1-7(2)4-5-8(3)6(7)9/h4H,5H2,1-3H3. The molecule has 0 atom stereocenters. The van der Waals surface area contributed by atoms with Crippen LogP contribution >= 0.6 is 0 Å². The van der Waals surface area contributed by atoms with Gasteiger partial charge in [-0.1, -0.05) is 13.8 Å². The van der Waals surface area contributed by atoms with Crippen LogP contribution in [0.4, 0.5) is 0 Å². The molecule has 0 aromatic heterocycles. The fourth-order valence-electron chi connectivity index (χ4n) is 1.03. The summed E-state index contributed by atoms with van der Waals surface area (Å²) in [5.74, 6) is 0.225. The molecule has 0 N–H and O–H groups in total. The van der Waals surface area contributed by atoms with Crippen LogP contribution in [0.1, 0.15) is 13.8 Å². The molecule has 9 heavy (non-hydrogen) atoms. The zero-order valence-electron chi connectivity index (χ0n) is 6.14. The first kappa shape index (κ1) is 6.59. The highest BCUT2D eigenvalue weighted by Gasteiger charge is 2.36. The van der Waals surface area contributed by atoms with E-state index in [1.165, 1.54) is 0 Å². The Morgan fingerprint density at radius 1 is 1.67 bits per heavy atom. The van der Waals surface area contributed by atoms with Crippen molar-refractivity contribution >= 4 is 5.91 Å². The Morgan fingerprint density at radius 3 is 2.33 bits per heavy atom. The molecule has 1 rings (SSSR count). The molecule has 1 heterocycles. The lowest BCUT2D eigenvalue weighted by molar-refractivity contribution is -0.132. The topological polar surface area (TPSA) is 20.3 Å². The molecule has 0 bridgehead atoms. The second-order valence-corrected chi connectivity index (χ2v) is 3.11. The number of nitrogens with zero attached hydrogens (tertiary/aromatic N) is 1. The van der Waals surface area contributed by atoms with Gasteiger partial charge in [-0.05, 0) is 6.42 Å². The van der Waals surface area contributed by atoms with E-state index < -0.39 is 0 Å². The Hall–Kier alpha value is -0.530. The van der Waals surface area contributed by atoms with Gasteiger partial charge in [-0.3, -0.25) is 4.79 Å². The van der Waals surface area contributed by atoms with Gasteiger partial charge in [0.25, 0.3) is 0 Å². The van der Waals surface area contributed by atoms with Gasteiger partial charge in [0.2, 0.25) is 5.91 Å². The van der Waals surface area contributed by atoms with E-state index >= 15 is 0 Å². The number of rotatable bonds is 0. The van der Waals surface area contributed by atoms with Crippen molar-refractivity contribution in [2.75, 3.05) is 13.6 Å². The smallest absolute Gasteiger partial charge is 0.228 e. The fraction of sp³-hybridized carbons (Fsp3) is 0.714. The number of carbonyl (C=O) groups is 1. The van der Waals surface area contributed by atoms with Gasteiger partial charge in [0, 0.05) is 19.0 Å². The molecule has 51 valence electrons. The van der Waals surface area contributed by atoms with Crippen LogP contribution in [0.3, 0.4) is 0 Å². The van der Waals surface area contributed by atoms with E-state index in [-0.39, 0.29) is 11.3 Å². The molecule has 0 spiro atoms. The Balaban J connectivity index is 2.74. The second-order valence-electron chi connectivity index (χ2n) is 3.11. The summed E-state index contributed by atoms with van der Waals surface area (Å²) in [6.45, 7) is 4.68. The molecule has 0 saturated carbocycles. The predicted molar refractivity (Wildman–Crippen MR) is 35.7 cm³/mol. The van der Waals surface area contributed by atoms with Crippen LogP contribution < -0.4 is 0 Å². The van der Waals surface area contributed by atoms with Gasteiger partial charge in [-0.15, -0.1) is 0 Å². The first-order valence-corrected chi connectivity index (χ1v) is 3.14. The third-order valence-electron chi connectivity index (χ3n) is 1.77. The summed E-state index contributed by atoms with van der Waals surface area (Å²) in [5, 5.41) is 0. The van der Waals surface area contributed by atoms with Crippen molar-refractivity contribution in [1.29, 1.82) is 0 Å². The molecule has 0 aromatic rings. The van der Waals surface area contributed by atoms with E-state index in [2.05, 4.69) is 0 Å². The molecule has 1 fully saturated rings. The summed E-state index contributed by atoms with van der Waals surface area (Å²) in [5.41, 5.74) is -0.214. The summed E-state index contributed by atoms with van der Waals surface area (Å²) in [7, 11) is 1.83. The van der Waals surface area contributed by atoms with E-state index in [1.54, 1.807) is 4.90 Å². The minimum Gasteiger partial charge on any atom is -0.345 e. The van der Waals surface area contributed by atoms with E-state index in [0.29, 0.717) is 0 Å². The number of hydrogen-bond donors (Lipinski definition) is 0. The average Bonchev–Trinajstić information content (AvgIpc) is 1.97. The molecular weight excluding hydrogens is 114 g/mol. The molecule has 0 unspecified atom stereocenters. The molecule has 1 saturated heterocycles. The first-order valence-electron chi connectivity index (χ1n) is 3.14. The summed E-state index contributed by atoms with van der Waals surface area (Å²) < 4.78 is 0.